The molecule has 1 aliphatic heterocycles. The third-order valence-corrected chi connectivity index (χ3v) is 6.54. The smallest absolute Gasteiger partial charge is 0.148 e. The maximum absolute atomic E-state index is 10.4. The van der Waals surface area contributed by atoms with Gasteiger partial charge in [-0.15, -0.1) is 0 Å². The van der Waals surface area contributed by atoms with E-state index in [0.29, 0.717) is 46.6 Å². The predicted molar refractivity (Wildman–Crippen MR) is 142 cm³/mol. The largest absolute Gasteiger partial charge is 0.506 e. The SMILES string of the molecule is N#Cc1cnc2cc(OCCCN3CCOCC3)ccc2c1OCc1cc(Cc2ccco2)cc(O)c1N. The number of furan rings is 1. The van der Waals surface area contributed by atoms with Gasteiger partial charge in [-0.2, -0.15) is 5.26 Å². The Hall–Kier alpha value is -4.26. The molecule has 4 aromatic rings. The van der Waals surface area contributed by atoms with Gasteiger partial charge in [-0.25, -0.2) is 0 Å². The van der Waals surface area contributed by atoms with E-state index in [1.165, 1.54) is 6.20 Å². The minimum Gasteiger partial charge on any atom is -0.506 e. The molecule has 2 aromatic heterocycles. The number of pyridine rings is 1. The van der Waals surface area contributed by atoms with Gasteiger partial charge in [0.05, 0.1) is 37.3 Å². The molecule has 0 atom stereocenters. The van der Waals surface area contributed by atoms with Crippen molar-refractivity contribution in [2.24, 2.45) is 0 Å². The molecule has 2 aromatic carbocycles. The van der Waals surface area contributed by atoms with E-state index < -0.39 is 0 Å². The van der Waals surface area contributed by atoms with Gasteiger partial charge in [-0.05, 0) is 48.4 Å². The molecular formula is C29H30N4O5. The Kier molecular flexibility index (Phi) is 7.92. The molecule has 1 fully saturated rings. The van der Waals surface area contributed by atoms with Crippen molar-refractivity contribution in [2.45, 2.75) is 19.4 Å². The molecule has 9 heteroatoms. The number of fused-ring (bicyclic) bond motifs is 1. The number of nitrogens with two attached hydrogens (primary N) is 1. The van der Waals surface area contributed by atoms with Crippen LogP contribution in [0.4, 0.5) is 5.69 Å². The van der Waals surface area contributed by atoms with Gasteiger partial charge >= 0.3 is 0 Å². The zero-order valence-corrected chi connectivity index (χ0v) is 21.1. The normalized spacial score (nSPS) is 13.9. The standard InChI is InChI=1S/C29H30N4O5/c30-17-22-18-32-26-16-24(37-10-2-6-33-7-11-35-12-8-33)4-5-25(26)29(22)38-19-21-13-20(15-27(34)28(21)31)14-23-3-1-9-36-23/h1,3-5,9,13,15-16,18,34H,2,6-8,10-12,14,19,31H2. The quantitative estimate of drug-likeness (QED) is 0.181. The summed E-state index contributed by atoms with van der Waals surface area (Å²) >= 11 is 0. The second-order valence-electron chi connectivity index (χ2n) is 9.18. The lowest BCUT2D eigenvalue weighted by Gasteiger charge is -2.26. The van der Waals surface area contributed by atoms with E-state index in [-0.39, 0.29) is 18.0 Å². The van der Waals surface area contributed by atoms with Gasteiger partial charge in [0.2, 0.25) is 0 Å². The number of aromatic hydroxyl groups is 1. The van der Waals surface area contributed by atoms with E-state index in [4.69, 9.17) is 24.4 Å². The number of benzene rings is 2. The number of nitriles is 1. The first-order chi connectivity index (χ1) is 18.6. The second kappa shape index (κ2) is 11.9. The molecule has 38 heavy (non-hydrogen) atoms. The highest BCUT2D eigenvalue weighted by Crippen LogP contribution is 2.33. The van der Waals surface area contributed by atoms with E-state index in [0.717, 1.165) is 50.6 Å². The van der Waals surface area contributed by atoms with Crippen molar-refractivity contribution in [3.05, 3.63) is 77.4 Å². The number of nitrogens with zero attached hydrogens (tertiary/aromatic N) is 3. The molecule has 3 heterocycles. The number of phenolic OH excluding ortho intramolecular Hbond substituents is 1. The summed E-state index contributed by atoms with van der Waals surface area (Å²) in [5.74, 6) is 1.87. The van der Waals surface area contributed by atoms with Crippen molar-refractivity contribution in [1.29, 1.82) is 5.26 Å². The zero-order chi connectivity index (χ0) is 26.3. The van der Waals surface area contributed by atoms with Gasteiger partial charge < -0.3 is 29.5 Å². The number of hydrogen-bond donors (Lipinski definition) is 2. The zero-order valence-electron chi connectivity index (χ0n) is 21.1. The molecule has 1 aliphatic rings. The van der Waals surface area contributed by atoms with Gasteiger partial charge in [0.15, 0.2) is 0 Å². The van der Waals surface area contributed by atoms with Crippen LogP contribution in [0.2, 0.25) is 0 Å². The number of nitrogen functional groups attached to an aromatic ring is 1. The summed E-state index contributed by atoms with van der Waals surface area (Å²) in [4.78, 5) is 6.81. The number of hydrogen-bond acceptors (Lipinski definition) is 9. The molecule has 1 saturated heterocycles. The summed E-state index contributed by atoms with van der Waals surface area (Å²) in [6, 6.07) is 14.9. The number of anilines is 1. The fourth-order valence-corrected chi connectivity index (χ4v) is 4.52. The van der Waals surface area contributed by atoms with E-state index in [1.54, 1.807) is 12.3 Å². The van der Waals surface area contributed by atoms with Crippen LogP contribution < -0.4 is 15.2 Å². The van der Waals surface area contributed by atoms with Crippen molar-refractivity contribution in [3.63, 3.8) is 0 Å². The van der Waals surface area contributed by atoms with Crippen LogP contribution in [-0.4, -0.2) is 54.4 Å². The molecule has 0 unspecified atom stereocenters. The molecule has 5 rings (SSSR count). The van der Waals surface area contributed by atoms with Crippen LogP contribution in [0.15, 0.2) is 59.3 Å². The van der Waals surface area contributed by atoms with E-state index in [9.17, 15) is 10.4 Å². The molecule has 9 nitrogen and oxygen atoms in total. The first kappa shape index (κ1) is 25.4. The van der Waals surface area contributed by atoms with Crippen LogP contribution in [0.3, 0.4) is 0 Å². The summed E-state index contributed by atoms with van der Waals surface area (Å²) in [6.45, 7) is 5.14. The second-order valence-corrected chi connectivity index (χ2v) is 9.18. The molecule has 0 bridgehead atoms. The number of phenols is 1. The van der Waals surface area contributed by atoms with Crippen LogP contribution in [0.5, 0.6) is 17.2 Å². The molecule has 0 aliphatic carbocycles. The van der Waals surface area contributed by atoms with Crippen LogP contribution in [0, 0.1) is 11.3 Å². The van der Waals surface area contributed by atoms with E-state index in [2.05, 4.69) is 16.0 Å². The minimum atomic E-state index is -0.0249. The van der Waals surface area contributed by atoms with Gasteiger partial charge in [0.25, 0.3) is 0 Å². The Bertz CT molecular complexity index is 1430. The molecule has 0 spiro atoms. The minimum absolute atomic E-state index is 0.0249. The van der Waals surface area contributed by atoms with Gasteiger partial charge in [0, 0.05) is 49.3 Å². The summed E-state index contributed by atoms with van der Waals surface area (Å²) in [5, 5.41) is 20.8. The van der Waals surface area contributed by atoms with Crippen LogP contribution >= 0.6 is 0 Å². The van der Waals surface area contributed by atoms with E-state index in [1.807, 2.05) is 36.4 Å². The Labute approximate surface area is 221 Å². The summed E-state index contributed by atoms with van der Waals surface area (Å²) in [7, 11) is 0. The lowest BCUT2D eigenvalue weighted by Crippen LogP contribution is -2.37. The maximum Gasteiger partial charge on any atom is 0.148 e. The number of rotatable bonds is 10. The first-order valence-electron chi connectivity index (χ1n) is 12.6. The van der Waals surface area contributed by atoms with Crippen LogP contribution in [0.1, 0.15) is 28.9 Å². The summed E-state index contributed by atoms with van der Waals surface area (Å²) in [6.07, 6.45) is 4.52. The third-order valence-electron chi connectivity index (χ3n) is 6.54. The monoisotopic (exact) mass is 514 g/mol. The van der Waals surface area contributed by atoms with Gasteiger partial charge in [-0.1, -0.05) is 0 Å². The van der Waals surface area contributed by atoms with Crippen molar-refractivity contribution < 1.29 is 23.7 Å². The van der Waals surface area contributed by atoms with Crippen molar-refractivity contribution in [2.75, 3.05) is 45.2 Å². The highest BCUT2D eigenvalue weighted by molar-refractivity contribution is 5.88. The molecule has 0 radical (unpaired) electrons. The van der Waals surface area contributed by atoms with E-state index >= 15 is 0 Å². The highest BCUT2D eigenvalue weighted by atomic mass is 16.5. The Morgan fingerprint density at radius 1 is 1.13 bits per heavy atom. The Morgan fingerprint density at radius 3 is 2.79 bits per heavy atom. The maximum atomic E-state index is 10.4. The predicted octanol–water partition coefficient (Wildman–Crippen LogP) is 4.26. The number of aromatic nitrogens is 1. The Morgan fingerprint density at radius 2 is 2.00 bits per heavy atom. The lowest BCUT2D eigenvalue weighted by molar-refractivity contribution is 0.0358. The first-order valence-corrected chi connectivity index (χ1v) is 12.6. The third kappa shape index (κ3) is 5.99. The average Bonchev–Trinajstić information content (AvgIpc) is 3.45. The topological polar surface area (TPSA) is 127 Å². The summed E-state index contributed by atoms with van der Waals surface area (Å²) in [5.41, 5.74) is 8.79. The van der Waals surface area contributed by atoms with Crippen LogP contribution in [0.25, 0.3) is 10.9 Å². The Balaban J connectivity index is 1.29. The molecule has 0 saturated carbocycles. The lowest BCUT2D eigenvalue weighted by atomic mass is 10.0. The fraction of sp³-hybridized carbons (Fsp3) is 0.310. The van der Waals surface area contributed by atoms with Gasteiger partial charge in [0.1, 0.15) is 41.2 Å². The number of morpholine rings is 1. The van der Waals surface area contributed by atoms with Gasteiger partial charge in [-0.3, -0.25) is 9.88 Å². The molecular weight excluding hydrogens is 484 g/mol. The van der Waals surface area contributed by atoms with Crippen molar-refractivity contribution >= 4 is 16.6 Å². The fourth-order valence-electron chi connectivity index (χ4n) is 4.52. The molecule has 0 amide bonds. The molecule has 3 N–H and O–H groups in total. The van der Waals surface area contributed by atoms with Crippen LogP contribution in [-0.2, 0) is 17.8 Å². The molecule has 196 valence electrons. The highest BCUT2D eigenvalue weighted by Gasteiger charge is 2.15. The average molecular weight is 515 g/mol. The number of ether oxygens (including phenoxy) is 3. The summed E-state index contributed by atoms with van der Waals surface area (Å²) < 4.78 is 22.9. The van der Waals surface area contributed by atoms with Crippen molar-refractivity contribution in [1.82, 2.24) is 9.88 Å². The van der Waals surface area contributed by atoms with Crippen molar-refractivity contribution in [3.8, 4) is 23.3 Å².